The Labute approximate surface area is 115 Å². The van der Waals surface area contributed by atoms with Crippen molar-refractivity contribution in [1.29, 1.82) is 0 Å². The fourth-order valence-electron chi connectivity index (χ4n) is 3.30. The van der Waals surface area contributed by atoms with Crippen LogP contribution in [-0.4, -0.2) is 30.5 Å². The van der Waals surface area contributed by atoms with Crippen LogP contribution in [0.3, 0.4) is 0 Å². The minimum absolute atomic E-state index is 0.0921. The third kappa shape index (κ3) is 5.34. The molecule has 1 rings (SSSR count). The van der Waals surface area contributed by atoms with Crippen molar-refractivity contribution >= 4 is 23.2 Å². The van der Waals surface area contributed by atoms with Gasteiger partial charge in [-0.2, -0.15) is 0 Å². The number of hydrogen-bond donors (Lipinski definition) is 1. The maximum atomic E-state index is 6.14. The van der Waals surface area contributed by atoms with E-state index in [4.69, 9.17) is 33.7 Å². The standard InChI is InChI=1S/C13H25Cl2NO/c1-12(2)4-11(16)5-13(3,8-12)9-17-7-10(15)6-14/h10-11H,4-9,16H2,1-3H3. The van der Waals surface area contributed by atoms with Crippen LogP contribution < -0.4 is 5.73 Å². The second-order valence-electron chi connectivity index (χ2n) is 6.59. The first kappa shape index (κ1) is 15.6. The Morgan fingerprint density at radius 3 is 2.53 bits per heavy atom. The molecule has 3 unspecified atom stereocenters. The van der Waals surface area contributed by atoms with Crippen molar-refractivity contribution in [3.05, 3.63) is 0 Å². The summed E-state index contributed by atoms with van der Waals surface area (Å²) in [6.45, 7) is 8.08. The van der Waals surface area contributed by atoms with Crippen LogP contribution in [0.1, 0.15) is 40.0 Å². The van der Waals surface area contributed by atoms with Gasteiger partial charge < -0.3 is 10.5 Å². The number of rotatable bonds is 5. The van der Waals surface area contributed by atoms with Crippen LogP contribution >= 0.6 is 23.2 Å². The first-order chi connectivity index (χ1) is 7.76. The van der Waals surface area contributed by atoms with Gasteiger partial charge in [-0.15, -0.1) is 23.2 Å². The van der Waals surface area contributed by atoms with Crippen LogP contribution in [0.2, 0.25) is 0 Å². The van der Waals surface area contributed by atoms with Crippen LogP contribution in [-0.2, 0) is 4.74 Å². The van der Waals surface area contributed by atoms with Gasteiger partial charge >= 0.3 is 0 Å². The Hall–Kier alpha value is 0.500. The first-order valence-electron chi connectivity index (χ1n) is 6.30. The number of ether oxygens (including phenoxy) is 1. The number of hydrogen-bond acceptors (Lipinski definition) is 2. The van der Waals surface area contributed by atoms with Crippen molar-refractivity contribution in [3.63, 3.8) is 0 Å². The highest BCUT2D eigenvalue weighted by molar-refractivity contribution is 6.28. The van der Waals surface area contributed by atoms with Crippen LogP contribution in [0.4, 0.5) is 0 Å². The zero-order valence-corrected chi connectivity index (χ0v) is 12.7. The summed E-state index contributed by atoms with van der Waals surface area (Å²) in [4.78, 5) is 0. The van der Waals surface area contributed by atoms with E-state index < -0.39 is 0 Å². The smallest absolute Gasteiger partial charge is 0.0704 e. The molecular formula is C13H25Cl2NO. The molecule has 0 spiro atoms. The van der Waals surface area contributed by atoms with E-state index in [9.17, 15) is 0 Å². The molecule has 0 saturated heterocycles. The normalized spacial score (nSPS) is 34.6. The van der Waals surface area contributed by atoms with Crippen LogP contribution in [0.25, 0.3) is 0 Å². The molecule has 3 atom stereocenters. The average Bonchev–Trinajstić information content (AvgIpc) is 2.12. The van der Waals surface area contributed by atoms with Crippen LogP contribution in [0.15, 0.2) is 0 Å². The van der Waals surface area contributed by atoms with Crippen molar-refractivity contribution in [2.75, 3.05) is 19.1 Å². The lowest BCUT2D eigenvalue weighted by Gasteiger charge is -2.45. The van der Waals surface area contributed by atoms with E-state index in [0.29, 0.717) is 17.9 Å². The highest BCUT2D eigenvalue weighted by Gasteiger charge is 2.40. The Balaban J connectivity index is 2.44. The molecular weight excluding hydrogens is 257 g/mol. The predicted molar refractivity (Wildman–Crippen MR) is 74.9 cm³/mol. The topological polar surface area (TPSA) is 35.2 Å². The molecule has 2 nitrogen and oxygen atoms in total. The van der Waals surface area contributed by atoms with Gasteiger partial charge in [0.2, 0.25) is 0 Å². The van der Waals surface area contributed by atoms with Crippen molar-refractivity contribution in [2.24, 2.45) is 16.6 Å². The summed E-state index contributed by atoms with van der Waals surface area (Å²) in [6.07, 6.45) is 3.29. The maximum absolute atomic E-state index is 6.14. The van der Waals surface area contributed by atoms with Crippen molar-refractivity contribution in [2.45, 2.75) is 51.5 Å². The van der Waals surface area contributed by atoms with Crippen LogP contribution in [0.5, 0.6) is 0 Å². The lowest BCUT2D eigenvalue weighted by Crippen LogP contribution is -2.44. The molecule has 2 N–H and O–H groups in total. The van der Waals surface area contributed by atoms with Crippen molar-refractivity contribution < 1.29 is 4.74 Å². The summed E-state index contributed by atoms with van der Waals surface area (Å²) in [5.74, 6) is 0.434. The van der Waals surface area contributed by atoms with Gasteiger partial charge in [0.05, 0.1) is 18.6 Å². The van der Waals surface area contributed by atoms with Crippen molar-refractivity contribution in [1.82, 2.24) is 0 Å². The highest BCUT2D eigenvalue weighted by atomic mass is 35.5. The molecule has 17 heavy (non-hydrogen) atoms. The largest absolute Gasteiger partial charge is 0.379 e. The Morgan fingerprint density at radius 2 is 2.00 bits per heavy atom. The average molecular weight is 282 g/mol. The Morgan fingerprint density at radius 1 is 1.35 bits per heavy atom. The Kier molecular flexibility index (Phi) is 5.58. The van der Waals surface area contributed by atoms with E-state index in [0.717, 1.165) is 25.9 Å². The molecule has 0 aromatic rings. The lowest BCUT2D eigenvalue weighted by molar-refractivity contribution is -0.00782. The Bertz CT molecular complexity index is 248. The zero-order valence-electron chi connectivity index (χ0n) is 11.1. The fraction of sp³-hybridized carbons (Fsp3) is 1.00. The molecule has 0 radical (unpaired) electrons. The zero-order chi connectivity index (χ0) is 13.1. The lowest BCUT2D eigenvalue weighted by atomic mass is 9.63. The van der Waals surface area contributed by atoms with Gasteiger partial charge in [-0.05, 0) is 30.1 Å². The summed E-state index contributed by atoms with van der Waals surface area (Å²) in [7, 11) is 0. The molecule has 1 aliphatic carbocycles. The van der Waals surface area contributed by atoms with Crippen molar-refractivity contribution in [3.8, 4) is 0 Å². The van der Waals surface area contributed by atoms with Gasteiger partial charge in [-0.3, -0.25) is 0 Å². The minimum atomic E-state index is -0.0921. The predicted octanol–water partition coefficient (Wildman–Crippen LogP) is 3.39. The van der Waals surface area contributed by atoms with E-state index in [2.05, 4.69) is 20.8 Å². The summed E-state index contributed by atoms with van der Waals surface area (Å²) >= 11 is 11.6. The summed E-state index contributed by atoms with van der Waals surface area (Å²) in [5, 5.41) is -0.0921. The van der Waals surface area contributed by atoms with E-state index in [1.807, 2.05) is 0 Å². The maximum Gasteiger partial charge on any atom is 0.0704 e. The first-order valence-corrected chi connectivity index (χ1v) is 7.27. The second-order valence-corrected chi connectivity index (χ2v) is 7.51. The summed E-state index contributed by atoms with van der Waals surface area (Å²) in [5.41, 5.74) is 6.62. The van der Waals surface area contributed by atoms with Gasteiger partial charge in [0.25, 0.3) is 0 Å². The summed E-state index contributed by atoms with van der Waals surface area (Å²) < 4.78 is 5.70. The third-order valence-corrected chi connectivity index (χ3v) is 4.20. The monoisotopic (exact) mass is 281 g/mol. The molecule has 0 heterocycles. The van der Waals surface area contributed by atoms with Crippen LogP contribution in [0, 0.1) is 10.8 Å². The summed E-state index contributed by atoms with van der Waals surface area (Å²) in [6, 6.07) is 0.284. The van der Waals surface area contributed by atoms with Gasteiger partial charge in [0.15, 0.2) is 0 Å². The third-order valence-electron chi connectivity index (χ3n) is 3.39. The number of nitrogens with two attached hydrogens (primary N) is 1. The molecule has 102 valence electrons. The number of alkyl halides is 2. The highest BCUT2D eigenvalue weighted by Crippen LogP contribution is 2.45. The number of halogens is 2. The molecule has 1 fully saturated rings. The molecule has 4 heteroatoms. The molecule has 1 saturated carbocycles. The van der Waals surface area contributed by atoms with E-state index in [-0.39, 0.29) is 16.8 Å². The van der Waals surface area contributed by atoms with Gasteiger partial charge in [0.1, 0.15) is 0 Å². The molecule has 0 aliphatic heterocycles. The molecule has 0 aromatic carbocycles. The van der Waals surface area contributed by atoms with E-state index in [1.54, 1.807) is 0 Å². The minimum Gasteiger partial charge on any atom is -0.379 e. The molecule has 1 aliphatic rings. The van der Waals surface area contributed by atoms with E-state index in [1.165, 1.54) is 0 Å². The van der Waals surface area contributed by atoms with E-state index >= 15 is 0 Å². The quantitative estimate of drug-likeness (QED) is 0.784. The fourth-order valence-corrected chi connectivity index (χ4v) is 3.48. The molecule has 0 bridgehead atoms. The van der Waals surface area contributed by atoms with Gasteiger partial charge in [-0.1, -0.05) is 20.8 Å². The van der Waals surface area contributed by atoms with Gasteiger partial charge in [0, 0.05) is 11.9 Å². The molecule has 0 amide bonds. The van der Waals surface area contributed by atoms with Gasteiger partial charge in [-0.25, -0.2) is 0 Å². The second kappa shape index (κ2) is 6.10. The molecule has 0 aromatic heterocycles. The SMILES string of the molecule is CC1(C)CC(N)CC(C)(COCC(Cl)CCl)C1.